The lowest BCUT2D eigenvalue weighted by Crippen LogP contribution is -1.77. The highest BCUT2D eigenvalue weighted by molar-refractivity contribution is 7.80. The maximum absolute atomic E-state index is 12.5. The van der Waals surface area contributed by atoms with Crippen molar-refractivity contribution in [3.63, 3.8) is 0 Å². The van der Waals surface area contributed by atoms with Gasteiger partial charge >= 0.3 is 0 Å². The molecule has 0 fully saturated rings. The van der Waals surface area contributed by atoms with E-state index < -0.39 is 6.43 Å². The van der Waals surface area contributed by atoms with Gasteiger partial charge in [0.05, 0.1) is 9.58 Å². The first-order valence-electron chi connectivity index (χ1n) is 3.82. The molecule has 0 aliphatic rings. The average molecular weight is 232 g/mol. The molecule has 14 heavy (non-hydrogen) atoms. The number of halogens is 2. The van der Waals surface area contributed by atoms with Gasteiger partial charge in [0, 0.05) is 10.3 Å². The molecular weight excluding hydrogens is 226 g/mol. The van der Waals surface area contributed by atoms with Gasteiger partial charge in [0.1, 0.15) is 5.75 Å². The molecule has 0 saturated heterocycles. The molecule has 0 radical (unpaired) electrons. The third-order valence-corrected chi connectivity index (χ3v) is 3.76. The van der Waals surface area contributed by atoms with Crippen LogP contribution in [0.3, 0.4) is 0 Å². The van der Waals surface area contributed by atoms with Gasteiger partial charge in [-0.1, -0.05) is 12.1 Å². The van der Waals surface area contributed by atoms with Crippen LogP contribution >= 0.6 is 24.0 Å². The van der Waals surface area contributed by atoms with Crippen molar-refractivity contribution in [2.45, 2.75) is 11.3 Å². The molecule has 0 spiro atoms. The van der Waals surface area contributed by atoms with E-state index in [0.717, 1.165) is 11.3 Å². The summed E-state index contributed by atoms with van der Waals surface area (Å²) in [5, 5.41) is 10.00. The zero-order chi connectivity index (χ0) is 10.3. The Kier molecular flexibility index (Phi) is 2.36. The lowest BCUT2D eigenvalue weighted by atomic mass is 10.2. The Balaban J connectivity index is 2.80. The molecular formula is C9H6F2OS2. The van der Waals surface area contributed by atoms with E-state index in [4.69, 9.17) is 0 Å². The van der Waals surface area contributed by atoms with Crippen LogP contribution in [0.25, 0.3) is 10.1 Å². The fourth-order valence-electron chi connectivity index (χ4n) is 1.26. The van der Waals surface area contributed by atoms with Crippen LogP contribution in [0.2, 0.25) is 0 Å². The van der Waals surface area contributed by atoms with Crippen LogP contribution in [0.1, 0.15) is 11.3 Å². The topological polar surface area (TPSA) is 20.2 Å². The van der Waals surface area contributed by atoms with E-state index in [1.54, 1.807) is 12.1 Å². The van der Waals surface area contributed by atoms with Crippen LogP contribution < -0.4 is 0 Å². The molecule has 1 N–H and O–H groups in total. The molecule has 5 heteroatoms. The van der Waals surface area contributed by atoms with E-state index in [9.17, 15) is 13.9 Å². The highest BCUT2D eigenvalue weighted by atomic mass is 32.1. The third kappa shape index (κ3) is 1.36. The second-order valence-electron chi connectivity index (χ2n) is 2.77. The fourth-order valence-corrected chi connectivity index (χ4v) is 2.72. The Labute approximate surface area is 88.4 Å². The van der Waals surface area contributed by atoms with Gasteiger partial charge in [-0.05, 0) is 6.07 Å². The number of aromatic hydroxyl groups is 1. The van der Waals surface area contributed by atoms with Crippen molar-refractivity contribution in [2.24, 2.45) is 0 Å². The third-order valence-electron chi connectivity index (χ3n) is 1.89. The summed E-state index contributed by atoms with van der Waals surface area (Å²) in [7, 11) is 0. The maximum atomic E-state index is 12.5. The van der Waals surface area contributed by atoms with Crippen molar-refractivity contribution in [1.29, 1.82) is 0 Å². The number of thiophene rings is 1. The van der Waals surface area contributed by atoms with Gasteiger partial charge in [-0.3, -0.25) is 0 Å². The molecule has 0 unspecified atom stereocenters. The van der Waals surface area contributed by atoms with E-state index in [1.807, 2.05) is 0 Å². The summed E-state index contributed by atoms with van der Waals surface area (Å²) in [4.78, 5) is 0.167. The first-order valence-corrected chi connectivity index (χ1v) is 5.09. The van der Waals surface area contributed by atoms with Gasteiger partial charge in [0.2, 0.25) is 0 Å². The number of alkyl halides is 2. The largest absolute Gasteiger partial charge is 0.506 e. The zero-order valence-corrected chi connectivity index (χ0v) is 8.58. The Morgan fingerprint density at radius 1 is 1.36 bits per heavy atom. The lowest BCUT2D eigenvalue weighted by Gasteiger charge is -1.94. The number of benzene rings is 1. The number of thiol groups is 1. The quantitative estimate of drug-likeness (QED) is 0.716. The Bertz CT molecular complexity index is 479. The molecule has 0 aliphatic carbocycles. The first kappa shape index (κ1) is 9.73. The minimum absolute atomic E-state index is 0.0229. The summed E-state index contributed by atoms with van der Waals surface area (Å²) in [6.07, 6.45) is -2.54. The number of phenols is 1. The molecule has 2 aromatic rings. The van der Waals surface area contributed by atoms with E-state index in [0.29, 0.717) is 10.1 Å². The Morgan fingerprint density at radius 3 is 2.64 bits per heavy atom. The molecule has 1 aromatic heterocycles. The van der Waals surface area contributed by atoms with Gasteiger partial charge < -0.3 is 5.11 Å². The van der Waals surface area contributed by atoms with E-state index >= 15 is 0 Å². The Morgan fingerprint density at radius 2 is 2.07 bits per heavy atom. The number of hydrogen-bond acceptors (Lipinski definition) is 3. The highest BCUT2D eigenvalue weighted by Gasteiger charge is 2.18. The first-order chi connectivity index (χ1) is 6.61. The van der Waals surface area contributed by atoms with Crippen molar-refractivity contribution < 1.29 is 13.9 Å². The molecule has 2 rings (SSSR count). The number of hydrogen-bond donors (Lipinski definition) is 2. The fraction of sp³-hybridized carbons (Fsp3) is 0.111. The van der Waals surface area contributed by atoms with Crippen LogP contribution in [0.15, 0.2) is 23.1 Å². The number of rotatable bonds is 1. The predicted octanol–water partition coefficient (Wildman–Crippen LogP) is 3.83. The van der Waals surface area contributed by atoms with Crippen molar-refractivity contribution in [2.75, 3.05) is 0 Å². The average Bonchev–Trinajstić information content (AvgIpc) is 2.46. The summed E-state index contributed by atoms with van der Waals surface area (Å²) in [6.45, 7) is 0. The van der Waals surface area contributed by atoms with E-state index in [2.05, 4.69) is 12.6 Å². The number of fused-ring (bicyclic) bond motifs is 1. The normalized spacial score (nSPS) is 11.4. The minimum Gasteiger partial charge on any atom is -0.506 e. The van der Waals surface area contributed by atoms with Gasteiger partial charge in [0.25, 0.3) is 6.43 Å². The molecule has 1 aromatic carbocycles. The summed E-state index contributed by atoms with van der Waals surface area (Å²) in [5.74, 6) is 0.0229. The van der Waals surface area contributed by atoms with Crippen molar-refractivity contribution in [3.05, 3.63) is 23.1 Å². The number of phenolic OH excluding ortho intramolecular Hbond substituents is 1. The molecule has 0 amide bonds. The monoisotopic (exact) mass is 232 g/mol. The zero-order valence-electron chi connectivity index (χ0n) is 6.87. The maximum Gasteiger partial charge on any atom is 0.273 e. The van der Waals surface area contributed by atoms with Crippen LogP contribution in [-0.2, 0) is 0 Å². The molecule has 74 valence electrons. The molecule has 1 nitrogen and oxygen atoms in total. The van der Waals surface area contributed by atoms with Gasteiger partial charge in [-0.25, -0.2) is 8.78 Å². The van der Waals surface area contributed by atoms with Crippen molar-refractivity contribution in [1.82, 2.24) is 0 Å². The molecule has 0 saturated carbocycles. The standard InChI is InChI=1S/C9H6F2OS2/c10-9(11)8-6(13)4-2-1-3-5(12)7(4)14-8/h1-3,9,12-13H. The van der Waals surface area contributed by atoms with Crippen LogP contribution in [-0.4, -0.2) is 5.11 Å². The van der Waals surface area contributed by atoms with Crippen LogP contribution in [0, 0.1) is 0 Å². The molecule has 0 bridgehead atoms. The van der Waals surface area contributed by atoms with Crippen LogP contribution in [0.4, 0.5) is 8.78 Å². The molecule has 0 atom stereocenters. The Hall–Kier alpha value is -0.810. The predicted molar refractivity (Wildman–Crippen MR) is 55.7 cm³/mol. The SMILES string of the molecule is Oc1cccc2c(S)c(C(F)F)sc12. The van der Waals surface area contributed by atoms with Gasteiger partial charge in [0.15, 0.2) is 0 Å². The second kappa shape index (κ2) is 3.40. The van der Waals surface area contributed by atoms with Crippen molar-refractivity contribution >= 4 is 34.1 Å². The summed E-state index contributed by atoms with van der Waals surface area (Å²) >= 11 is 4.90. The second-order valence-corrected chi connectivity index (χ2v) is 4.27. The highest BCUT2D eigenvalue weighted by Crippen LogP contribution is 2.42. The van der Waals surface area contributed by atoms with Gasteiger partial charge in [-0.15, -0.1) is 24.0 Å². The lowest BCUT2D eigenvalue weighted by molar-refractivity contribution is 0.153. The van der Waals surface area contributed by atoms with Gasteiger partial charge in [-0.2, -0.15) is 0 Å². The van der Waals surface area contributed by atoms with Crippen molar-refractivity contribution in [3.8, 4) is 5.75 Å². The molecule has 1 heterocycles. The summed E-state index contributed by atoms with van der Waals surface area (Å²) < 4.78 is 25.4. The summed E-state index contributed by atoms with van der Waals surface area (Å²) in [6, 6.07) is 4.75. The summed E-state index contributed by atoms with van der Waals surface area (Å²) in [5.41, 5.74) is 0. The van der Waals surface area contributed by atoms with Crippen LogP contribution in [0.5, 0.6) is 5.75 Å². The minimum atomic E-state index is -2.54. The van der Waals surface area contributed by atoms with E-state index in [1.165, 1.54) is 6.07 Å². The van der Waals surface area contributed by atoms with E-state index in [-0.39, 0.29) is 15.5 Å². The smallest absolute Gasteiger partial charge is 0.273 e. The molecule has 0 aliphatic heterocycles.